The summed E-state index contributed by atoms with van der Waals surface area (Å²) in [6, 6.07) is 6.06. The van der Waals surface area contributed by atoms with E-state index in [1.165, 1.54) is 12.1 Å². The number of halogens is 1. The van der Waals surface area contributed by atoms with Crippen molar-refractivity contribution in [3.8, 4) is 0 Å². The number of piperidine rings is 1. The second-order valence-corrected chi connectivity index (χ2v) is 4.60. The zero-order valence-corrected chi connectivity index (χ0v) is 9.77. The van der Waals surface area contributed by atoms with Gasteiger partial charge in [-0.3, -0.25) is 0 Å². The maximum absolute atomic E-state index is 12.8. The van der Waals surface area contributed by atoms with Crippen molar-refractivity contribution in [1.29, 1.82) is 0 Å². The fourth-order valence-electron chi connectivity index (χ4n) is 2.34. The van der Waals surface area contributed by atoms with E-state index in [0.29, 0.717) is 19.4 Å². The molecule has 1 aliphatic rings. The first-order valence-electron chi connectivity index (χ1n) is 5.96. The fraction of sp³-hybridized carbons (Fsp3) is 0.538. The fourth-order valence-corrected chi connectivity index (χ4v) is 2.34. The molecule has 1 aliphatic heterocycles. The molecule has 1 aromatic rings. The van der Waals surface area contributed by atoms with Crippen LogP contribution in [0.5, 0.6) is 0 Å². The van der Waals surface area contributed by atoms with Crippen LogP contribution in [0.2, 0.25) is 0 Å². The van der Waals surface area contributed by atoms with Gasteiger partial charge in [0.05, 0.1) is 12.2 Å². The van der Waals surface area contributed by atoms with Crippen molar-refractivity contribution in [2.75, 3.05) is 26.2 Å². The zero-order valence-electron chi connectivity index (χ0n) is 9.77. The van der Waals surface area contributed by atoms with Crippen LogP contribution >= 0.6 is 0 Å². The lowest BCUT2D eigenvalue weighted by Crippen LogP contribution is -2.43. The summed E-state index contributed by atoms with van der Waals surface area (Å²) in [7, 11) is 0. The van der Waals surface area contributed by atoms with Crippen LogP contribution in [0, 0.1) is 5.82 Å². The minimum Gasteiger partial charge on any atom is -0.395 e. The first-order valence-corrected chi connectivity index (χ1v) is 5.96. The first kappa shape index (κ1) is 12.5. The van der Waals surface area contributed by atoms with Gasteiger partial charge >= 0.3 is 0 Å². The van der Waals surface area contributed by atoms with E-state index in [2.05, 4.69) is 4.90 Å². The number of nitrogens with zero attached hydrogens (tertiary/aromatic N) is 1. The van der Waals surface area contributed by atoms with Crippen molar-refractivity contribution in [2.24, 2.45) is 0 Å². The Morgan fingerprint density at radius 3 is 2.29 bits per heavy atom. The van der Waals surface area contributed by atoms with Crippen molar-refractivity contribution in [2.45, 2.75) is 18.4 Å². The van der Waals surface area contributed by atoms with Gasteiger partial charge < -0.3 is 15.1 Å². The summed E-state index contributed by atoms with van der Waals surface area (Å²) < 4.78 is 12.8. The molecule has 0 atom stereocenters. The highest BCUT2D eigenvalue weighted by Crippen LogP contribution is 2.32. The molecule has 0 radical (unpaired) electrons. The molecule has 17 heavy (non-hydrogen) atoms. The third-order valence-corrected chi connectivity index (χ3v) is 3.48. The van der Waals surface area contributed by atoms with Crippen molar-refractivity contribution in [3.63, 3.8) is 0 Å². The van der Waals surface area contributed by atoms with Crippen molar-refractivity contribution in [1.82, 2.24) is 4.90 Å². The van der Waals surface area contributed by atoms with Gasteiger partial charge in [-0.1, -0.05) is 12.1 Å². The lowest BCUT2D eigenvalue weighted by Gasteiger charge is -2.38. The smallest absolute Gasteiger partial charge is 0.123 e. The van der Waals surface area contributed by atoms with Crippen LogP contribution in [-0.2, 0) is 5.60 Å². The summed E-state index contributed by atoms with van der Waals surface area (Å²) in [6.45, 7) is 2.32. The van der Waals surface area contributed by atoms with E-state index in [1.807, 2.05) is 0 Å². The molecule has 2 rings (SSSR count). The minimum atomic E-state index is -0.848. The monoisotopic (exact) mass is 239 g/mol. The molecule has 0 saturated carbocycles. The number of likely N-dealkylation sites (tertiary alicyclic amines) is 1. The van der Waals surface area contributed by atoms with Crippen LogP contribution in [0.15, 0.2) is 24.3 Å². The Morgan fingerprint density at radius 2 is 1.76 bits per heavy atom. The molecule has 0 amide bonds. The molecule has 3 nitrogen and oxygen atoms in total. The Morgan fingerprint density at radius 1 is 1.18 bits per heavy atom. The summed E-state index contributed by atoms with van der Waals surface area (Å²) in [5.41, 5.74) is -0.0674. The van der Waals surface area contributed by atoms with Gasteiger partial charge in [-0.2, -0.15) is 0 Å². The number of benzene rings is 1. The third kappa shape index (κ3) is 2.83. The van der Waals surface area contributed by atoms with Gasteiger partial charge in [-0.15, -0.1) is 0 Å². The topological polar surface area (TPSA) is 43.7 Å². The molecule has 4 heteroatoms. The summed E-state index contributed by atoms with van der Waals surface area (Å²) in [5, 5.41) is 19.4. The molecular formula is C13H18FNO2. The molecule has 0 unspecified atom stereocenters. The van der Waals surface area contributed by atoms with Crippen molar-refractivity contribution in [3.05, 3.63) is 35.6 Å². The van der Waals surface area contributed by atoms with Crippen LogP contribution in [0.1, 0.15) is 18.4 Å². The average Bonchev–Trinajstić information content (AvgIpc) is 2.33. The molecule has 0 spiro atoms. The third-order valence-electron chi connectivity index (χ3n) is 3.48. The molecule has 1 fully saturated rings. The predicted molar refractivity (Wildman–Crippen MR) is 63.1 cm³/mol. The van der Waals surface area contributed by atoms with Gasteiger partial charge in [0.2, 0.25) is 0 Å². The van der Waals surface area contributed by atoms with Gasteiger partial charge in [-0.25, -0.2) is 4.39 Å². The van der Waals surface area contributed by atoms with E-state index in [-0.39, 0.29) is 12.4 Å². The predicted octanol–water partition coefficient (Wildman–Crippen LogP) is 1.10. The standard InChI is InChI=1S/C13H18FNO2/c14-12-3-1-11(2-4-12)13(17)5-7-15(8-6-13)9-10-16/h1-4,16-17H,5-10H2. The number of hydrogen-bond donors (Lipinski definition) is 2. The molecule has 1 saturated heterocycles. The van der Waals surface area contributed by atoms with E-state index in [1.54, 1.807) is 12.1 Å². The van der Waals surface area contributed by atoms with Crippen LogP contribution in [-0.4, -0.2) is 41.4 Å². The summed E-state index contributed by atoms with van der Waals surface area (Å²) in [6.07, 6.45) is 1.25. The zero-order chi connectivity index (χ0) is 12.3. The summed E-state index contributed by atoms with van der Waals surface area (Å²) >= 11 is 0. The Hall–Kier alpha value is -0.970. The van der Waals surface area contributed by atoms with Crippen LogP contribution in [0.25, 0.3) is 0 Å². The Kier molecular flexibility index (Phi) is 3.76. The van der Waals surface area contributed by atoms with Crippen LogP contribution in [0.4, 0.5) is 4.39 Å². The number of rotatable bonds is 3. The number of β-amino-alcohol motifs (C(OH)–C–C–N with tert-alkyl or cyclic N) is 1. The van der Waals surface area contributed by atoms with Gasteiger partial charge in [0.15, 0.2) is 0 Å². The van der Waals surface area contributed by atoms with Crippen LogP contribution < -0.4 is 0 Å². The Balaban J connectivity index is 2.04. The van der Waals surface area contributed by atoms with E-state index in [9.17, 15) is 9.50 Å². The van der Waals surface area contributed by atoms with Gasteiger partial charge in [0.1, 0.15) is 5.82 Å². The van der Waals surface area contributed by atoms with E-state index in [4.69, 9.17) is 5.11 Å². The molecule has 0 bridgehead atoms. The molecule has 2 N–H and O–H groups in total. The average molecular weight is 239 g/mol. The number of hydrogen-bond acceptors (Lipinski definition) is 3. The first-order chi connectivity index (χ1) is 8.14. The highest BCUT2D eigenvalue weighted by molar-refractivity contribution is 5.23. The maximum Gasteiger partial charge on any atom is 0.123 e. The lowest BCUT2D eigenvalue weighted by atomic mass is 9.84. The second-order valence-electron chi connectivity index (χ2n) is 4.60. The van der Waals surface area contributed by atoms with Gasteiger partial charge in [0, 0.05) is 19.6 Å². The number of aliphatic hydroxyl groups is 2. The second kappa shape index (κ2) is 5.12. The SMILES string of the molecule is OCCN1CCC(O)(c2ccc(F)cc2)CC1. The van der Waals surface area contributed by atoms with Crippen molar-refractivity contribution < 1.29 is 14.6 Å². The lowest BCUT2D eigenvalue weighted by molar-refractivity contribution is -0.0284. The number of aliphatic hydroxyl groups excluding tert-OH is 1. The molecular weight excluding hydrogens is 221 g/mol. The normalized spacial score (nSPS) is 20.4. The summed E-state index contributed by atoms with van der Waals surface area (Å²) in [5.74, 6) is -0.282. The highest BCUT2D eigenvalue weighted by atomic mass is 19.1. The van der Waals surface area contributed by atoms with Crippen molar-refractivity contribution >= 4 is 0 Å². The minimum absolute atomic E-state index is 0.148. The Labute approximate surface area is 100 Å². The molecule has 0 aliphatic carbocycles. The molecule has 1 heterocycles. The Bertz CT molecular complexity index is 358. The van der Waals surface area contributed by atoms with E-state index < -0.39 is 5.60 Å². The molecule has 1 aromatic carbocycles. The van der Waals surface area contributed by atoms with Gasteiger partial charge in [0.25, 0.3) is 0 Å². The van der Waals surface area contributed by atoms with Crippen LogP contribution in [0.3, 0.4) is 0 Å². The molecule has 0 aromatic heterocycles. The largest absolute Gasteiger partial charge is 0.395 e. The van der Waals surface area contributed by atoms with E-state index >= 15 is 0 Å². The van der Waals surface area contributed by atoms with E-state index in [0.717, 1.165) is 18.7 Å². The summed E-state index contributed by atoms with van der Waals surface area (Å²) in [4.78, 5) is 2.12. The maximum atomic E-state index is 12.8. The van der Waals surface area contributed by atoms with Gasteiger partial charge in [-0.05, 0) is 30.5 Å². The quantitative estimate of drug-likeness (QED) is 0.830. The highest BCUT2D eigenvalue weighted by Gasteiger charge is 2.33. The molecule has 94 valence electrons.